The molecule has 2 fully saturated rings. The van der Waals surface area contributed by atoms with E-state index in [1.807, 2.05) is 4.90 Å². The maximum Gasteiger partial charge on any atom is 0.423 e. The Kier molecular flexibility index (Phi) is 9.13. The molecule has 0 spiro atoms. The van der Waals surface area contributed by atoms with Gasteiger partial charge in [-0.15, -0.1) is 0 Å². The summed E-state index contributed by atoms with van der Waals surface area (Å²) < 4.78 is 78.1. The van der Waals surface area contributed by atoms with Gasteiger partial charge in [0.1, 0.15) is 11.8 Å². The van der Waals surface area contributed by atoms with Crippen LogP contribution in [0.5, 0.6) is 0 Å². The molecule has 2 aromatic carbocycles. The second kappa shape index (κ2) is 12.2. The number of benzene rings is 2. The lowest BCUT2D eigenvalue weighted by molar-refractivity contribution is -0.388. The van der Waals surface area contributed by atoms with Crippen LogP contribution in [0.15, 0.2) is 42.5 Å². The predicted octanol–water partition coefficient (Wildman–Crippen LogP) is 6.52. The molecule has 0 saturated carbocycles. The van der Waals surface area contributed by atoms with Crippen molar-refractivity contribution < 1.29 is 36.4 Å². The van der Waals surface area contributed by atoms with Gasteiger partial charge in [0.25, 0.3) is 5.69 Å². The monoisotopic (exact) mass is 574 g/mol. The van der Waals surface area contributed by atoms with Crippen LogP contribution < -0.4 is 10.2 Å². The van der Waals surface area contributed by atoms with Gasteiger partial charge in [-0.1, -0.05) is 6.42 Å². The first-order valence-corrected chi connectivity index (χ1v) is 13.3. The fourth-order valence-electron chi connectivity index (χ4n) is 5.54. The van der Waals surface area contributed by atoms with Crippen molar-refractivity contribution in [2.75, 3.05) is 36.4 Å². The molecule has 2 N–H and O–H groups in total. The zero-order chi connectivity index (χ0) is 29.1. The topological polar surface area (TPSA) is 81.9 Å². The van der Waals surface area contributed by atoms with E-state index in [2.05, 4.69) is 10.2 Å². The van der Waals surface area contributed by atoms with Crippen LogP contribution >= 0.6 is 0 Å². The molecule has 1 unspecified atom stereocenters. The van der Waals surface area contributed by atoms with Crippen LogP contribution in [-0.4, -0.2) is 53.4 Å². The molecule has 0 aromatic heterocycles. The Hall–Kier alpha value is -3.06. The molecule has 7 nitrogen and oxygen atoms in total. The number of aliphatic hydroxyl groups excluding tert-OH is 1. The third-order valence-corrected chi connectivity index (χ3v) is 7.76. The number of nitrogens with zero attached hydrogens (tertiary/aromatic N) is 3. The molecule has 4 rings (SSSR count). The highest BCUT2D eigenvalue weighted by molar-refractivity contribution is 5.55. The van der Waals surface area contributed by atoms with Crippen molar-refractivity contribution in [3.05, 3.63) is 63.7 Å². The van der Waals surface area contributed by atoms with E-state index < -0.39 is 40.3 Å². The number of hydrogen-bond donors (Lipinski definition) is 2. The van der Waals surface area contributed by atoms with Gasteiger partial charge < -0.3 is 15.3 Å². The van der Waals surface area contributed by atoms with Crippen molar-refractivity contribution in [2.24, 2.45) is 5.92 Å². The largest absolute Gasteiger partial charge is 0.423 e. The van der Waals surface area contributed by atoms with Crippen LogP contribution in [0.25, 0.3) is 0 Å². The summed E-state index contributed by atoms with van der Waals surface area (Å²) in [6, 6.07) is 7.88. The van der Waals surface area contributed by atoms with Crippen molar-refractivity contribution in [3.63, 3.8) is 0 Å². The molecule has 0 radical (unpaired) electrons. The summed E-state index contributed by atoms with van der Waals surface area (Å²) in [6.45, 7) is 2.53. The summed E-state index contributed by atoms with van der Waals surface area (Å²) in [5, 5.41) is 24.6. The van der Waals surface area contributed by atoms with E-state index in [1.165, 1.54) is 18.2 Å². The minimum absolute atomic E-state index is 0.141. The maximum atomic E-state index is 13.3. The molecule has 2 aliphatic rings. The van der Waals surface area contributed by atoms with Gasteiger partial charge in [0.05, 0.1) is 10.5 Å². The fraction of sp³-hybridized carbons (Fsp3) is 0.556. The van der Waals surface area contributed by atoms with Crippen LogP contribution in [-0.2, 0) is 12.4 Å². The molecule has 0 bridgehead atoms. The smallest absolute Gasteiger partial charge is 0.381 e. The van der Waals surface area contributed by atoms with Crippen molar-refractivity contribution in [3.8, 4) is 0 Å². The van der Waals surface area contributed by atoms with Gasteiger partial charge in [0.2, 0.25) is 0 Å². The molecule has 2 aromatic rings. The molecule has 40 heavy (non-hydrogen) atoms. The lowest BCUT2D eigenvalue weighted by Crippen LogP contribution is -2.36. The quantitative estimate of drug-likeness (QED) is 0.202. The molecule has 2 atom stereocenters. The van der Waals surface area contributed by atoms with Crippen molar-refractivity contribution in [1.29, 1.82) is 0 Å². The lowest BCUT2D eigenvalue weighted by Gasteiger charge is -2.34. The highest BCUT2D eigenvalue weighted by Crippen LogP contribution is 2.38. The van der Waals surface area contributed by atoms with Crippen LogP contribution in [0.4, 0.5) is 43.4 Å². The molecule has 220 valence electrons. The van der Waals surface area contributed by atoms with Crippen LogP contribution in [0.2, 0.25) is 0 Å². The van der Waals surface area contributed by atoms with E-state index in [4.69, 9.17) is 0 Å². The molecular weight excluding hydrogens is 542 g/mol. The number of alkyl halides is 6. The molecule has 0 aliphatic carbocycles. The van der Waals surface area contributed by atoms with Crippen molar-refractivity contribution in [2.45, 2.75) is 63.1 Å². The number of hydrogen-bond acceptors (Lipinski definition) is 6. The van der Waals surface area contributed by atoms with Crippen molar-refractivity contribution in [1.82, 2.24) is 4.90 Å². The number of rotatable bonds is 9. The highest BCUT2D eigenvalue weighted by atomic mass is 19.4. The summed E-state index contributed by atoms with van der Waals surface area (Å²) in [6.07, 6.45) is -5.15. The van der Waals surface area contributed by atoms with E-state index in [0.29, 0.717) is 31.8 Å². The van der Waals surface area contributed by atoms with Crippen molar-refractivity contribution >= 4 is 17.1 Å². The van der Waals surface area contributed by atoms with Gasteiger partial charge in [-0.2, -0.15) is 26.3 Å². The summed E-state index contributed by atoms with van der Waals surface area (Å²) in [7, 11) is 0. The standard InChI is InChI=1S/C27H32F6N4O3/c28-26(29,30)19-4-7-22(8-5-19)35-13-10-18(11-14-35)2-1-3-25(38)36-15-12-21(17-36)34-20-6-9-24(37(39)40)23(16-20)27(31,32)33/h4-9,16,18,21,25,34,38H,1-3,10-15,17H2/t21-,25?/m1/s1. The van der Waals surface area contributed by atoms with E-state index >= 15 is 0 Å². The third-order valence-electron chi connectivity index (χ3n) is 7.76. The summed E-state index contributed by atoms with van der Waals surface area (Å²) in [5.41, 5.74) is -2.04. The SMILES string of the molecule is O=[N+]([O-])c1ccc(N[C@@H]2CCN(C(O)CCCC3CCN(c4ccc(C(F)(F)F)cc4)CC3)C2)cc1C(F)(F)F. The Morgan fingerprint density at radius 3 is 2.25 bits per heavy atom. The van der Waals surface area contributed by atoms with E-state index in [1.54, 1.807) is 0 Å². The van der Waals surface area contributed by atoms with Gasteiger partial charge in [-0.3, -0.25) is 15.0 Å². The minimum atomic E-state index is -4.85. The molecule has 2 saturated heterocycles. The average molecular weight is 575 g/mol. The van der Waals surface area contributed by atoms with Gasteiger partial charge >= 0.3 is 12.4 Å². The van der Waals surface area contributed by atoms with Crippen LogP contribution in [0.3, 0.4) is 0 Å². The van der Waals surface area contributed by atoms with Crippen LogP contribution in [0, 0.1) is 16.0 Å². The first-order valence-electron chi connectivity index (χ1n) is 13.3. The molecular formula is C27H32F6N4O3. The average Bonchev–Trinajstić information content (AvgIpc) is 3.36. The zero-order valence-electron chi connectivity index (χ0n) is 21.7. The number of nitro benzene ring substituents is 1. The van der Waals surface area contributed by atoms with Gasteiger partial charge in [0, 0.05) is 49.7 Å². The third kappa shape index (κ3) is 7.57. The minimum Gasteiger partial charge on any atom is -0.381 e. The predicted molar refractivity (Wildman–Crippen MR) is 138 cm³/mol. The molecule has 0 amide bonds. The van der Waals surface area contributed by atoms with Gasteiger partial charge in [-0.25, -0.2) is 0 Å². The van der Waals surface area contributed by atoms with Gasteiger partial charge in [-0.05, 0) is 74.4 Å². The van der Waals surface area contributed by atoms with Crippen LogP contribution in [0.1, 0.15) is 49.7 Å². The first-order chi connectivity index (χ1) is 18.8. The summed E-state index contributed by atoms with van der Waals surface area (Å²) in [4.78, 5) is 13.9. The summed E-state index contributed by atoms with van der Waals surface area (Å²) >= 11 is 0. The Morgan fingerprint density at radius 2 is 1.65 bits per heavy atom. The number of anilines is 2. The van der Waals surface area contributed by atoms with Gasteiger partial charge in [0.15, 0.2) is 0 Å². The Labute approximate surface area is 227 Å². The molecule has 2 heterocycles. The number of halogens is 6. The second-order valence-electron chi connectivity index (χ2n) is 10.5. The molecule has 13 heteroatoms. The highest BCUT2D eigenvalue weighted by Gasteiger charge is 2.39. The number of piperidine rings is 1. The second-order valence-corrected chi connectivity index (χ2v) is 10.5. The Bertz CT molecular complexity index is 1150. The van der Waals surface area contributed by atoms with E-state index in [-0.39, 0.29) is 11.7 Å². The van der Waals surface area contributed by atoms with E-state index in [0.717, 1.165) is 68.7 Å². The number of aliphatic hydroxyl groups is 1. The fourth-order valence-corrected chi connectivity index (χ4v) is 5.54. The Morgan fingerprint density at radius 1 is 0.975 bits per heavy atom. The lowest BCUT2D eigenvalue weighted by atomic mass is 9.91. The first kappa shape index (κ1) is 29.9. The zero-order valence-corrected chi connectivity index (χ0v) is 21.7. The number of likely N-dealkylation sites (tertiary alicyclic amines) is 1. The normalized spacial score (nSPS) is 20.1. The number of nitrogens with one attached hydrogen (secondary N) is 1. The summed E-state index contributed by atoms with van der Waals surface area (Å²) in [5.74, 6) is 0.468. The molecule has 2 aliphatic heterocycles. The Balaban J connectivity index is 1.18. The number of nitro groups is 1. The maximum absolute atomic E-state index is 13.3. The van der Waals surface area contributed by atoms with E-state index in [9.17, 15) is 41.6 Å².